The molecule has 0 saturated carbocycles. The van der Waals surface area contributed by atoms with E-state index < -0.39 is 30.0 Å². The SMILES string of the molecule is Nc1ccc(-c2ccc(N)cc2S(=O)(=O)O)c(S(=O)(=O)O)c1.[Na]. The molecule has 0 aliphatic rings. The molecule has 2 aromatic carbocycles. The molecule has 119 valence electrons. The average Bonchev–Trinajstić information content (AvgIpc) is 2.37. The Morgan fingerprint density at radius 1 is 0.696 bits per heavy atom. The maximum atomic E-state index is 11.5. The number of anilines is 2. The van der Waals surface area contributed by atoms with Crippen molar-refractivity contribution >= 4 is 61.2 Å². The van der Waals surface area contributed by atoms with Gasteiger partial charge in [0.25, 0.3) is 20.2 Å². The first-order valence-corrected chi connectivity index (χ1v) is 8.62. The molecular weight excluding hydrogens is 355 g/mol. The topological polar surface area (TPSA) is 161 Å². The van der Waals surface area contributed by atoms with Gasteiger partial charge in [0, 0.05) is 52.1 Å². The molecule has 2 rings (SSSR count). The quantitative estimate of drug-likeness (QED) is 0.349. The summed E-state index contributed by atoms with van der Waals surface area (Å²) in [7, 11) is -9.33. The summed E-state index contributed by atoms with van der Waals surface area (Å²) < 4.78 is 64.4. The summed E-state index contributed by atoms with van der Waals surface area (Å²) in [6, 6.07) is 7.06. The van der Waals surface area contributed by atoms with E-state index in [2.05, 4.69) is 0 Å². The third kappa shape index (κ3) is 4.44. The maximum absolute atomic E-state index is 11.5. The van der Waals surface area contributed by atoms with Crippen molar-refractivity contribution in [3.05, 3.63) is 36.4 Å². The Morgan fingerprint density at radius 3 is 1.26 bits per heavy atom. The minimum atomic E-state index is -4.66. The van der Waals surface area contributed by atoms with Gasteiger partial charge in [-0.25, -0.2) is 0 Å². The van der Waals surface area contributed by atoms with Gasteiger partial charge in [-0.3, -0.25) is 9.11 Å². The summed E-state index contributed by atoms with van der Waals surface area (Å²) in [5.74, 6) is 0. The molecule has 0 aliphatic carbocycles. The number of hydrogen-bond acceptors (Lipinski definition) is 6. The van der Waals surface area contributed by atoms with E-state index in [9.17, 15) is 25.9 Å². The molecule has 0 aliphatic heterocycles. The molecule has 0 amide bonds. The summed E-state index contributed by atoms with van der Waals surface area (Å²) in [5.41, 5.74) is 10.8. The molecule has 1 radical (unpaired) electrons. The first-order valence-electron chi connectivity index (χ1n) is 5.74. The Morgan fingerprint density at radius 2 is 1.00 bits per heavy atom. The van der Waals surface area contributed by atoms with Gasteiger partial charge in [0.2, 0.25) is 0 Å². The molecule has 0 atom stereocenters. The minimum absolute atomic E-state index is 0. The zero-order chi connectivity index (χ0) is 16.7. The first-order chi connectivity index (χ1) is 10.00. The van der Waals surface area contributed by atoms with Crippen LogP contribution in [0.4, 0.5) is 11.4 Å². The van der Waals surface area contributed by atoms with E-state index in [0.29, 0.717) is 0 Å². The van der Waals surface area contributed by atoms with E-state index in [-0.39, 0.29) is 52.1 Å². The van der Waals surface area contributed by atoms with Gasteiger partial charge in [-0.1, -0.05) is 12.1 Å². The molecule has 0 bridgehead atoms. The minimum Gasteiger partial charge on any atom is -0.399 e. The number of rotatable bonds is 3. The first kappa shape index (κ1) is 19.9. The number of benzene rings is 2. The maximum Gasteiger partial charge on any atom is 0.295 e. The molecule has 6 N–H and O–H groups in total. The monoisotopic (exact) mass is 367 g/mol. The van der Waals surface area contributed by atoms with Crippen molar-refractivity contribution in [3.63, 3.8) is 0 Å². The molecule has 0 unspecified atom stereocenters. The third-order valence-corrected chi connectivity index (χ3v) is 4.64. The van der Waals surface area contributed by atoms with Crippen LogP contribution in [0.3, 0.4) is 0 Å². The summed E-state index contributed by atoms with van der Waals surface area (Å²) in [6.45, 7) is 0. The Hall–Kier alpha value is -1.14. The summed E-state index contributed by atoms with van der Waals surface area (Å²) >= 11 is 0. The van der Waals surface area contributed by atoms with Gasteiger partial charge < -0.3 is 11.5 Å². The van der Waals surface area contributed by atoms with E-state index in [4.69, 9.17) is 11.5 Å². The van der Waals surface area contributed by atoms with Crippen LogP contribution in [0.2, 0.25) is 0 Å². The largest absolute Gasteiger partial charge is 0.399 e. The van der Waals surface area contributed by atoms with Crippen molar-refractivity contribution in [3.8, 4) is 11.1 Å². The van der Waals surface area contributed by atoms with Crippen LogP contribution in [0.5, 0.6) is 0 Å². The van der Waals surface area contributed by atoms with Crippen LogP contribution in [0.25, 0.3) is 11.1 Å². The van der Waals surface area contributed by atoms with Crippen molar-refractivity contribution in [2.45, 2.75) is 9.79 Å². The van der Waals surface area contributed by atoms with Crippen molar-refractivity contribution < 1.29 is 25.9 Å². The van der Waals surface area contributed by atoms with Crippen molar-refractivity contribution in [1.82, 2.24) is 0 Å². The molecule has 0 saturated heterocycles. The van der Waals surface area contributed by atoms with E-state index in [1.165, 1.54) is 24.3 Å². The standard InChI is InChI=1S/C12H12N2O6S2.Na/c13-7-1-3-9(11(5-7)21(15,16)17)10-4-2-8(14)6-12(10)22(18,19)20;/h1-6H,13-14H2,(H,15,16,17)(H,18,19,20);. The van der Waals surface area contributed by atoms with Crippen molar-refractivity contribution in [1.29, 1.82) is 0 Å². The molecular formula is C12H12N2NaO6S2. The van der Waals surface area contributed by atoms with Crippen molar-refractivity contribution in [2.75, 3.05) is 11.5 Å². The molecule has 0 heterocycles. The molecule has 2 aromatic rings. The van der Waals surface area contributed by atoms with Crippen LogP contribution in [0.15, 0.2) is 46.2 Å². The Balaban J connectivity index is 0.00000264. The van der Waals surface area contributed by atoms with Crippen LogP contribution in [0, 0.1) is 0 Å². The Bertz CT molecular complexity index is 878. The second-order valence-electron chi connectivity index (χ2n) is 4.46. The van der Waals surface area contributed by atoms with Gasteiger partial charge in [0.15, 0.2) is 0 Å². The van der Waals surface area contributed by atoms with Crippen LogP contribution >= 0.6 is 0 Å². The Kier molecular flexibility index (Phi) is 5.86. The zero-order valence-corrected chi connectivity index (χ0v) is 15.6. The number of hydrogen-bond donors (Lipinski definition) is 4. The average molecular weight is 367 g/mol. The predicted molar refractivity (Wildman–Crippen MR) is 86.1 cm³/mol. The van der Waals surface area contributed by atoms with Gasteiger partial charge in [0.05, 0.1) is 0 Å². The summed E-state index contributed by atoms with van der Waals surface area (Å²) in [6.07, 6.45) is 0. The zero-order valence-electron chi connectivity index (χ0n) is 12.0. The second kappa shape index (κ2) is 6.77. The molecule has 8 nitrogen and oxygen atoms in total. The van der Waals surface area contributed by atoms with Crippen LogP contribution in [-0.4, -0.2) is 55.5 Å². The Labute approximate surface area is 155 Å². The van der Waals surface area contributed by atoms with Gasteiger partial charge in [0.1, 0.15) is 9.79 Å². The van der Waals surface area contributed by atoms with Gasteiger partial charge in [-0.15, -0.1) is 0 Å². The smallest absolute Gasteiger partial charge is 0.295 e. The summed E-state index contributed by atoms with van der Waals surface area (Å²) in [5, 5.41) is 0. The van der Waals surface area contributed by atoms with Crippen molar-refractivity contribution in [2.24, 2.45) is 0 Å². The van der Waals surface area contributed by atoms with Gasteiger partial charge >= 0.3 is 0 Å². The molecule has 0 fully saturated rings. The van der Waals surface area contributed by atoms with Crippen LogP contribution in [0.1, 0.15) is 0 Å². The molecule has 0 spiro atoms. The fourth-order valence-electron chi connectivity index (χ4n) is 1.95. The predicted octanol–water partition coefficient (Wildman–Crippen LogP) is 0.631. The van der Waals surface area contributed by atoms with Gasteiger partial charge in [-0.2, -0.15) is 16.8 Å². The molecule has 23 heavy (non-hydrogen) atoms. The normalized spacial score (nSPS) is 11.7. The van der Waals surface area contributed by atoms with Gasteiger partial charge in [-0.05, 0) is 24.3 Å². The van der Waals surface area contributed by atoms with Crippen LogP contribution < -0.4 is 11.5 Å². The second-order valence-corrected chi connectivity index (χ2v) is 7.24. The fourth-order valence-corrected chi connectivity index (χ4v) is 3.43. The molecule has 11 heteroatoms. The third-order valence-electron chi connectivity index (χ3n) is 2.86. The number of nitrogens with two attached hydrogens (primary N) is 2. The number of nitrogen functional groups attached to an aromatic ring is 2. The molecule has 0 aromatic heterocycles. The summed E-state index contributed by atoms with van der Waals surface area (Å²) in [4.78, 5) is -1.16. The van der Waals surface area contributed by atoms with Crippen LogP contribution in [-0.2, 0) is 20.2 Å². The fraction of sp³-hybridized carbons (Fsp3) is 0. The van der Waals surface area contributed by atoms with E-state index in [0.717, 1.165) is 12.1 Å². The van der Waals surface area contributed by atoms with E-state index >= 15 is 0 Å². The van der Waals surface area contributed by atoms with E-state index in [1.807, 2.05) is 0 Å². The van der Waals surface area contributed by atoms with E-state index in [1.54, 1.807) is 0 Å².